The van der Waals surface area contributed by atoms with Gasteiger partial charge in [0.2, 0.25) is 5.95 Å². The normalized spacial score (nSPS) is 14.4. The lowest BCUT2D eigenvalue weighted by Gasteiger charge is -2.34. The fourth-order valence-corrected chi connectivity index (χ4v) is 2.61. The highest BCUT2D eigenvalue weighted by Gasteiger charge is 2.23. The first kappa shape index (κ1) is 16.0. The zero-order valence-corrected chi connectivity index (χ0v) is 13.7. The minimum absolute atomic E-state index is 0.115. The number of rotatable bonds is 4. The number of carbonyl (C=O) groups is 1. The Labute approximate surface area is 141 Å². The number of hydrogen-bond acceptors (Lipinski definition) is 5. The molecule has 0 radical (unpaired) electrons. The molecule has 0 aliphatic carbocycles. The van der Waals surface area contributed by atoms with Crippen LogP contribution in [0.1, 0.15) is 6.92 Å². The Kier molecular flexibility index (Phi) is 5.10. The van der Waals surface area contributed by atoms with Crippen LogP contribution in [-0.4, -0.2) is 53.7 Å². The highest BCUT2D eigenvalue weighted by Crippen LogP contribution is 2.24. The quantitative estimate of drug-likeness (QED) is 0.932. The Hall–Kier alpha value is -2.83. The molecule has 1 aliphatic heterocycles. The first-order valence-electron chi connectivity index (χ1n) is 8.07. The maximum atomic E-state index is 12.5. The largest absolute Gasteiger partial charge is 0.492 e. The van der Waals surface area contributed by atoms with Crippen molar-refractivity contribution in [3.63, 3.8) is 0 Å². The smallest absolute Gasteiger partial charge is 0.322 e. The zero-order valence-electron chi connectivity index (χ0n) is 13.7. The summed E-state index contributed by atoms with van der Waals surface area (Å²) in [6.45, 7) is 5.16. The number of aromatic nitrogens is 2. The average molecular weight is 327 g/mol. The molecule has 1 N–H and O–H groups in total. The fraction of sp³-hybridized carbons (Fsp3) is 0.353. The third kappa shape index (κ3) is 3.73. The molecule has 24 heavy (non-hydrogen) atoms. The van der Waals surface area contributed by atoms with E-state index in [4.69, 9.17) is 4.74 Å². The van der Waals surface area contributed by atoms with E-state index in [-0.39, 0.29) is 6.03 Å². The molecule has 0 spiro atoms. The van der Waals surface area contributed by atoms with Crippen molar-refractivity contribution in [3.8, 4) is 5.75 Å². The summed E-state index contributed by atoms with van der Waals surface area (Å²) < 4.78 is 5.54. The summed E-state index contributed by atoms with van der Waals surface area (Å²) in [6, 6.07) is 9.14. The van der Waals surface area contributed by atoms with Crippen molar-refractivity contribution in [2.75, 3.05) is 43.0 Å². The van der Waals surface area contributed by atoms with E-state index in [9.17, 15) is 4.79 Å². The number of carbonyl (C=O) groups excluding carboxylic acids is 1. The van der Waals surface area contributed by atoms with E-state index in [1.54, 1.807) is 23.4 Å². The number of para-hydroxylation sites is 2. The van der Waals surface area contributed by atoms with Crippen LogP contribution in [-0.2, 0) is 0 Å². The Balaban J connectivity index is 1.58. The predicted molar refractivity (Wildman–Crippen MR) is 92.4 cm³/mol. The van der Waals surface area contributed by atoms with Crippen LogP contribution in [0.3, 0.4) is 0 Å². The van der Waals surface area contributed by atoms with Gasteiger partial charge in [0.05, 0.1) is 12.3 Å². The van der Waals surface area contributed by atoms with Gasteiger partial charge < -0.3 is 19.9 Å². The second-order valence-corrected chi connectivity index (χ2v) is 5.38. The number of anilines is 2. The van der Waals surface area contributed by atoms with E-state index in [1.807, 2.05) is 31.2 Å². The van der Waals surface area contributed by atoms with Gasteiger partial charge in [0.1, 0.15) is 5.75 Å². The van der Waals surface area contributed by atoms with Gasteiger partial charge in [-0.1, -0.05) is 12.1 Å². The van der Waals surface area contributed by atoms with E-state index in [1.165, 1.54) is 0 Å². The molecule has 7 nitrogen and oxygen atoms in total. The van der Waals surface area contributed by atoms with Crippen molar-refractivity contribution in [1.82, 2.24) is 14.9 Å². The molecule has 2 amide bonds. The molecule has 0 bridgehead atoms. The summed E-state index contributed by atoms with van der Waals surface area (Å²) in [4.78, 5) is 24.9. The summed E-state index contributed by atoms with van der Waals surface area (Å²) in [5.41, 5.74) is 0.693. The average Bonchev–Trinajstić information content (AvgIpc) is 2.64. The highest BCUT2D eigenvalue weighted by molar-refractivity contribution is 5.91. The molecule has 0 saturated carbocycles. The molecule has 7 heteroatoms. The third-order valence-electron chi connectivity index (χ3n) is 3.83. The summed E-state index contributed by atoms with van der Waals surface area (Å²) in [5, 5.41) is 2.93. The molecular weight excluding hydrogens is 306 g/mol. The van der Waals surface area contributed by atoms with Crippen LogP contribution in [0.15, 0.2) is 42.7 Å². The third-order valence-corrected chi connectivity index (χ3v) is 3.83. The van der Waals surface area contributed by atoms with E-state index in [2.05, 4.69) is 20.2 Å². The second-order valence-electron chi connectivity index (χ2n) is 5.38. The van der Waals surface area contributed by atoms with Crippen LogP contribution in [0.2, 0.25) is 0 Å². The second kappa shape index (κ2) is 7.63. The Morgan fingerprint density at radius 3 is 2.54 bits per heavy atom. The molecule has 1 aliphatic rings. The Bertz CT molecular complexity index is 672. The molecule has 3 rings (SSSR count). The Morgan fingerprint density at radius 2 is 1.83 bits per heavy atom. The number of urea groups is 1. The number of piperazine rings is 1. The van der Waals surface area contributed by atoms with Crippen LogP contribution in [0, 0.1) is 0 Å². The molecule has 2 aromatic rings. The molecule has 1 saturated heterocycles. The standard InChI is InChI=1S/C17H21N5O2/c1-2-24-15-7-4-3-6-14(15)20-17(23)22-12-10-21(11-13-22)16-18-8-5-9-19-16/h3-9H,2,10-13H2,1H3,(H,20,23). The van der Waals surface area contributed by atoms with Gasteiger partial charge in [-0.2, -0.15) is 0 Å². The van der Waals surface area contributed by atoms with Crippen LogP contribution in [0.4, 0.5) is 16.4 Å². The summed E-state index contributed by atoms with van der Waals surface area (Å²) >= 11 is 0. The van der Waals surface area contributed by atoms with Gasteiger partial charge in [0.25, 0.3) is 0 Å². The number of hydrogen-bond donors (Lipinski definition) is 1. The summed E-state index contributed by atoms with van der Waals surface area (Å²) in [5.74, 6) is 1.39. The summed E-state index contributed by atoms with van der Waals surface area (Å²) in [7, 11) is 0. The van der Waals surface area contributed by atoms with Gasteiger partial charge in [-0.15, -0.1) is 0 Å². The van der Waals surface area contributed by atoms with Crippen molar-refractivity contribution < 1.29 is 9.53 Å². The zero-order chi connectivity index (χ0) is 16.8. The van der Waals surface area contributed by atoms with Gasteiger partial charge in [-0.25, -0.2) is 14.8 Å². The van der Waals surface area contributed by atoms with Gasteiger partial charge in [-0.05, 0) is 25.1 Å². The number of nitrogens with zero attached hydrogens (tertiary/aromatic N) is 4. The lowest BCUT2D eigenvalue weighted by molar-refractivity contribution is 0.207. The van der Waals surface area contributed by atoms with Crippen molar-refractivity contribution in [2.45, 2.75) is 6.92 Å². The maximum absolute atomic E-state index is 12.5. The molecule has 0 unspecified atom stereocenters. The van der Waals surface area contributed by atoms with Crippen LogP contribution in [0.25, 0.3) is 0 Å². The topological polar surface area (TPSA) is 70.6 Å². The monoisotopic (exact) mass is 327 g/mol. The van der Waals surface area contributed by atoms with E-state index >= 15 is 0 Å². The lowest BCUT2D eigenvalue weighted by atomic mass is 10.3. The Morgan fingerprint density at radius 1 is 1.12 bits per heavy atom. The number of amides is 2. The van der Waals surface area contributed by atoms with Gasteiger partial charge in [-0.3, -0.25) is 0 Å². The number of ether oxygens (including phenoxy) is 1. The molecule has 1 aromatic heterocycles. The van der Waals surface area contributed by atoms with Gasteiger partial charge in [0, 0.05) is 38.6 Å². The van der Waals surface area contributed by atoms with E-state index < -0.39 is 0 Å². The van der Waals surface area contributed by atoms with Crippen molar-refractivity contribution >= 4 is 17.7 Å². The fourth-order valence-electron chi connectivity index (χ4n) is 2.61. The van der Waals surface area contributed by atoms with Crippen LogP contribution < -0.4 is 15.0 Å². The van der Waals surface area contributed by atoms with Gasteiger partial charge >= 0.3 is 6.03 Å². The summed E-state index contributed by atoms with van der Waals surface area (Å²) in [6.07, 6.45) is 3.46. The predicted octanol–water partition coefficient (Wildman–Crippen LogP) is 2.23. The molecule has 0 atom stereocenters. The maximum Gasteiger partial charge on any atom is 0.322 e. The minimum Gasteiger partial charge on any atom is -0.492 e. The molecule has 2 heterocycles. The van der Waals surface area contributed by atoms with E-state index in [0.717, 1.165) is 0 Å². The number of nitrogens with one attached hydrogen (secondary N) is 1. The minimum atomic E-state index is -0.115. The van der Waals surface area contributed by atoms with E-state index in [0.29, 0.717) is 50.2 Å². The van der Waals surface area contributed by atoms with Crippen LogP contribution in [0.5, 0.6) is 5.75 Å². The lowest BCUT2D eigenvalue weighted by Crippen LogP contribution is -2.50. The van der Waals surface area contributed by atoms with Crippen molar-refractivity contribution in [3.05, 3.63) is 42.7 Å². The SMILES string of the molecule is CCOc1ccccc1NC(=O)N1CCN(c2ncccn2)CC1. The van der Waals surface area contributed by atoms with Crippen molar-refractivity contribution in [2.24, 2.45) is 0 Å². The highest BCUT2D eigenvalue weighted by atomic mass is 16.5. The molecule has 1 aromatic carbocycles. The first-order valence-corrected chi connectivity index (χ1v) is 8.07. The molecule has 1 fully saturated rings. The molecule has 126 valence electrons. The first-order chi connectivity index (χ1) is 11.8. The van der Waals surface area contributed by atoms with Gasteiger partial charge in [0.15, 0.2) is 0 Å². The van der Waals surface area contributed by atoms with Crippen LogP contribution >= 0.6 is 0 Å². The molecular formula is C17H21N5O2. The number of benzene rings is 1. The van der Waals surface area contributed by atoms with Crippen molar-refractivity contribution in [1.29, 1.82) is 0 Å².